The Kier molecular flexibility index (Phi) is 6.86. The number of hydrogen-bond donors (Lipinski definition) is 2. The predicted molar refractivity (Wildman–Crippen MR) is 90.7 cm³/mol. The molecule has 1 aromatic carbocycles. The van der Waals surface area contributed by atoms with Crippen molar-refractivity contribution in [3.63, 3.8) is 0 Å². The highest BCUT2D eigenvalue weighted by molar-refractivity contribution is 5.77. The number of aliphatic hydroxyl groups is 1. The summed E-state index contributed by atoms with van der Waals surface area (Å²) < 4.78 is 5.51. The lowest BCUT2D eigenvalue weighted by Crippen LogP contribution is -2.38. The molecule has 1 aliphatic heterocycles. The van der Waals surface area contributed by atoms with Crippen LogP contribution in [-0.4, -0.2) is 54.8 Å². The van der Waals surface area contributed by atoms with Crippen molar-refractivity contribution >= 4 is 5.91 Å². The Hall–Kier alpha value is -1.59. The molecule has 1 amide bonds. The molecule has 0 aromatic heterocycles. The van der Waals surface area contributed by atoms with Crippen LogP contribution in [0.25, 0.3) is 0 Å². The molecule has 5 heteroatoms. The van der Waals surface area contributed by atoms with Gasteiger partial charge in [-0.1, -0.05) is 6.07 Å². The molecule has 23 heavy (non-hydrogen) atoms. The van der Waals surface area contributed by atoms with E-state index in [-0.39, 0.29) is 18.6 Å². The quantitative estimate of drug-likeness (QED) is 0.750. The van der Waals surface area contributed by atoms with Crippen LogP contribution in [0.4, 0.5) is 0 Å². The van der Waals surface area contributed by atoms with Crippen molar-refractivity contribution in [2.45, 2.75) is 39.2 Å². The molecule has 1 aliphatic rings. The molecule has 0 unspecified atom stereocenters. The molecule has 2 N–H and O–H groups in total. The molecule has 1 heterocycles. The fraction of sp³-hybridized carbons (Fsp3) is 0.611. The maximum absolute atomic E-state index is 11.8. The van der Waals surface area contributed by atoms with E-state index in [0.717, 1.165) is 50.2 Å². The lowest BCUT2D eigenvalue weighted by Gasteiger charge is -2.29. The maximum atomic E-state index is 11.8. The van der Waals surface area contributed by atoms with Crippen molar-refractivity contribution in [3.05, 3.63) is 29.3 Å². The average Bonchev–Trinajstić information content (AvgIpc) is 2.54. The van der Waals surface area contributed by atoms with Crippen molar-refractivity contribution in [3.8, 4) is 5.75 Å². The first-order valence-corrected chi connectivity index (χ1v) is 8.42. The van der Waals surface area contributed by atoms with Gasteiger partial charge in [-0.3, -0.25) is 4.79 Å². The number of benzene rings is 1. The number of ether oxygens (including phenoxy) is 1. The van der Waals surface area contributed by atoms with Gasteiger partial charge in [-0.2, -0.15) is 0 Å². The number of nitrogens with one attached hydrogen (secondary N) is 1. The van der Waals surface area contributed by atoms with E-state index in [1.807, 2.05) is 25.1 Å². The highest BCUT2D eigenvalue weighted by atomic mass is 16.5. The molecule has 0 atom stereocenters. The summed E-state index contributed by atoms with van der Waals surface area (Å²) >= 11 is 0. The van der Waals surface area contributed by atoms with Crippen LogP contribution in [0, 0.1) is 13.8 Å². The van der Waals surface area contributed by atoms with Gasteiger partial charge >= 0.3 is 0 Å². The van der Waals surface area contributed by atoms with E-state index in [9.17, 15) is 9.90 Å². The Morgan fingerprint density at radius 1 is 1.30 bits per heavy atom. The SMILES string of the molecule is Cc1ccc(OCC(=O)NCCCN2CCC(O)CC2)cc1C. The first kappa shape index (κ1) is 17.8. The molecule has 128 valence electrons. The van der Waals surface area contributed by atoms with Gasteiger partial charge in [0.1, 0.15) is 5.75 Å². The normalized spacial score (nSPS) is 16.3. The molecular formula is C18H28N2O3. The molecule has 0 radical (unpaired) electrons. The predicted octanol–water partition coefficient (Wildman–Crippen LogP) is 1.65. The second-order valence-corrected chi connectivity index (χ2v) is 6.31. The molecular weight excluding hydrogens is 292 g/mol. The summed E-state index contributed by atoms with van der Waals surface area (Å²) in [6.45, 7) is 7.66. The summed E-state index contributed by atoms with van der Waals surface area (Å²) in [5.41, 5.74) is 2.38. The summed E-state index contributed by atoms with van der Waals surface area (Å²) in [4.78, 5) is 14.1. The Morgan fingerprint density at radius 3 is 2.74 bits per heavy atom. The van der Waals surface area contributed by atoms with Crippen molar-refractivity contribution in [1.82, 2.24) is 10.2 Å². The van der Waals surface area contributed by atoms with Crippen molar-refractivity contribution in [1.29, 1.82) is 0 Å². The smallest absolute Gasteiger partial charge is 0.257 e. The third-order valence-corrected chi connectivity index (χ3v) is 4.38. The lowest BCUT2D eigenvalue weighted by molar-refractivity contribution is -0.123. The number of piperidine rings is 1. The maximum Gasteiger partial charge on any atom is 0.257 e. The van der Waals surface area contributed by atoms with E-state index in [1.165, 1.54) is 5.56 Å². The van der Waals surface area contributed by atoms with Crippen LogP contribution >= 0.6 is 0 Å². The van der Waals surface area contributed by atoms with Crippen LogP contribution in [0.5, 0.6) is 5.75 Å². The van der Waals surface area contributed by atoms with Gasteiger partial charge in [0.25, 0.3) is 5.91 Å². The van der Waals surface area contributed by atoms with Gasteiger partial charge in [0.05, 0.1) is 6.10 Å². The minimum Gasteiger partial charge on any atom is -0.484 e. The number of likely N-dealkylation sites (tertiary alicyclic amines) is 1. The molecule has 2 rings (SSSR count). The van der Waals surface area contributed by atoms with Gasteiger partial charge in [-0.05, 0) is 62.9 Å². The molecule has 1 aromatic rings. The van der Waals surface area contributed by atoms with Crippen molar-refractivity contribution < 1.29 is 14.6 Å². The number of nitrogens with zero attached hydrogens (tertiary/aromatic N) is 1. The highest BCUT2D eigenvalue weighted by Gasteiger charge is 2.16. The number of hydrogen-bond acceptors (Lipinski definition) is 4. The third kappa shape index (κ3) is 6.20. The Labute approximate surface area is 138 Å². The van der Waals surface area contributed by atoms with Gasteiger partial charge < -0.3 is 20.1 Å². The van der Waals surface area contributed by atoms with E-state index in [0.29, 0.717) is 6.54 Å². The Morgan fingerprint density at radius 2 is 2.04 bits per heavy atom. The van der Waals surface area contributed by atoms with E-state index in [1.54, 1.807) is 0 Å². The van der Waals surface area contributed by atoms with E-state index in [2.05, 4.69) is 17.1 Å². The zero-order valence-electron chi connectivity index (χ0n) is 14.2. The van der Waals surface area contributed by atoms with Crippen LogP contribution in [-0.2, 0) is 4.79 Å². The summed E-state index contributed by atoms with van der Waals surface area (Å²) in [6.07, 6.45) is 2.51. The van der Waals surface area contributed by atoms with Gasteiger partial charge in [-0.25, -0.2) is 0 Å². The molecule has 0 saturated carbocycles. The zero-order valence-corrected chi connectivity index (χ0v) is 14.2. The van der Waals surface area contributed by atoms with E-state index < -0.39 is 0 Å². The first-order valence-electron chi connectivity index (χ1n) is 8.42. The fourth-order valence-corrected chi connectivity index (χ4v) is 2.68. The monoisotopic (exact) mass is 320 g/mol. The summed E-state index contributed by atoms with van der Waals surface area (Å²) in [6, 6.07) is 5.84. The largest absolute Gasteiger partial charge is 0.484 e. The zero-order chi connectivity index (χ0) is 16.7. The Balaban J connectivity index is 1.57. The van der Waals surface area contributed by atoms with Gasteiger partial charge in [0.2, 0.25) is 0 Å². The molecule has 0 bridgehead atoms. The summed E-state index contributed by atoms with van der Waals surface area (Å²) in [7, 11) is 0. The molecule has 0 spiro atoms. The molecule has 1 fully saturated rings. The first-order chi connectivity index (χ1) is 11.0. The lowest BCUT2D eigenvalue weighted by atomic mass is 10.1. The van der Waals surface area contributed by atoms with Crippen LogP contribution in [0.15, 0.2) is 18.2 Å². The van der Waals surface area contributed by atoms with Gasteiger partial charge in [0.15, 0.2) is 6.61 Å². The summed E-state index contributed by atoms with van der Waals surface area (Å²) in [5.74, 6) is 0.646. The van der Waals surface area contributed by atoms with E-state index >= 15 is 0 Å². The highest BCUT2D eigenvalue weighted by Crippen LogP contribution is 2.16. The van der Waals surface area contributed by atoms with Crippen LogP contribution in [0.3, 0.4) is 0 Å². The number of carbonyl (C=O) groups is 1. The number of rotatable bonds is 7. The molecule has 1 saturated heterocycles. The Bertz CT molecular complexity index is 511. The van der Waals surface area contributed by atoms with Gasteiger partial charge in [0, 0.05) is 19.6 Å². The van der Waals surface area contributed by atoms with Gasteiger partial charge in [-0.15, -0.1) is 0 Å². The summed E-state index contributed by atoms with van der Waals surface area (Å²) in [5, 5.41) is 12.3. The number of amides is 1. The average molecular weight is 320 g/mol. The molecule has 5 nitrogen and oxygen atoms in total. The van der Waals surface area contributed by atoms with Crippen LogP contribution in [0.1, 0.15) is 30.4 Å². The number of aryl methyl sites for hydroxylation is 2. The number of aliphatic hydroxyl groups excluding tert-OH is 1. The minimum absolute atomic E-state index is 0.0540. The van der Waals surface area contributed by atoms with Crippen molar-refractivity contribution in [2.75, 3.05) is 32.8 Å². The standard InChI is InChI=1S/C18H28N2O3/c1-14-4-5-17(12-15(14)2)23-13-18(22)19-8-3-9-20-10-6-16(21)7-11-20/h4-5,12,16,21H,3,6-11,13H2,1-2H3,(H,19,22). The van der Waals surface area contributed by atoms with E-state index in [4.69, 9.17) is 4.74 Å². The van der Waals surface area contributed by atoms with Crippen LogP contribution < -0.4 is 10.1 Å². The van der Waals surface area contributed by atoms with Crippen molar-refractivity contribution in [2.24, 2.45) is 0 Å². The van der Waals surface area contributed by atoms with Crippen LogP contribution in [0.2, 0.25) is 0 Å². The topological polar surface area (TPSA) is 61.8 Å². The second kappa shape index (κ2) is 8.89. The second-order valence-electron chi connectivity index (χ2n) is 6.31. The fourth-order valence-electron chi connectivity index (χ4n) is 2.68. The minimum atomic E-state index is -0.131. The number of carbonyl (C=O) groups excluding carboxylic acids is 1. The molecule has 0 aliphatic carbocycles. The third-order valence-electron chi connectivity index (χ3n) is 4.38.